The first-order valence-corrected chi connectivity index (χ1v) is 12.8. The minimum atomic E-state index is -4.46. The molecule has 0 aromatic heterocycles. The van der Waals surface area contributed by atoms with E-state index in [1.54, 1.807) is 44.2 Å². The van der Waals surface area contributed by atoms with Gasteiger partial charge < -0.3 is 20.3 Å². The molecule has 0 spiro atoms. The van der Waals surface area contributed by atoms with E-state index in [9.17, 15) is 22.8 Å². The molecule has 2 aliphatic rings. The Morgan fingerprint density at radius 2 is 1.65 bits per heavy atom. The number of piperidine rings is 1. The van der Waals surface area contributed by atoms with Crippen molar-refractivity contribution in [2.45, 2.75) is 69.4 Å². The van der Waals surface area contributed by atoms with Gasteiger partial charge in [0.2, 0.25) is 0 Å². The van der Waals surface area contributed by atoms with Gasteiger partial charge in [0.05, 0.1) is 5.02 Å². The number of amides is 2. The molecule has 2 heterocycles. The van der Waals surface area contributed by atoms with Gasteiger partial charge in [-0.15, -0.1) is 0 Å². The lowest BCUT2D eigenvalue weighted by Gasteiger charge is -2.41. The van der Waals surface area contributed by atoms with Crippen molar-refractivity contribution in [2.75, 3.05) is 11.4 Å². The van der Waals surface area contributed by atoms with Crippen LogP contribution in [0, 0.1) is 0 Å². The summed E-state index contributed by atoms with van der Waals surface area (Å²) >= 11 is 12.1. The second-order valence-electron chi connectivity index (χ2n) is 9.97. The highest BCUT2D eigenvalue weighted by Crippen LogP contribution is 2.40. The quantitative estimate of drug-likeness (QED) is 0.454. The van der Waals surface area contributed by atoms with Gasteiger partial charge in [-0.1, -0.05) is 23.2 Å². The van der Waals surface area contributed by atoms with Crippen molar-refractivity contribution in [1.29, 1.82) is 0 Å². The van der Waals surface area contributed by atoms with Crippen LogP contribution in [-0.2, 0) is 4.79 Å². The number of fused-ring (bicyclic) bond motifs is 2. The number of ether oxygens (including phenoxy) is 1. The van der Waals surface area contributed by atoms with Crippen LogP contribution in [0.4, 0.5) is 18.9 Å². The Balaban J connectivity index is 1.35. The molecule has 0 aliphatic carbocycles. The zero-order chi connectivity index (χ0) is 27.0. The predicted molar refractivity (Wildman–Crippen MR) is 136 cm³/mol. The fourth-order valence-electron chi connectivity index (χ4n) is 5.02. The Morgan fingerprint density at radius 3 is 2.22 bits per heavy atom. The summed E-state index contributed by atoms with van der Waals surface area (Å²) in [5.41, 5.74) is -0.0768. The van der Waals surface area contributed by atoms with Gasteiger partial charge in [0.25, 0.3) is 11.8 Å². The van der Waals surface area contributed by atoms with Gasteiger partial charge in [0.1, 0.15) is 12.3 Å². The average molecular weight is 558 g/mol. The molecule has 2 amide bonds. The van der Waals surface area contributed by atoms with Crippen LogP contribution in [0.2, 0.25) is 10.0 Å². The number of hydrogen-bond acceptors (Lipinski definition) is 4. The second kappa shape index (κ2) is 10.6. The molecule has 0 radical (unpaired) electrons. The Kier molecular flexibility index (Phi) is 7.85. The van der Waals surface area contributed by atoms with Crippen molar-refractivity contribution in [1.82, 2.24) is 10.6 Å². The van der Waals surface area contributed by atoms with Gasteiger partial charge in [-0.05, 0) is 82.0 Å². The highest BCUT2D eigenvalue weighted by atomic mass is 35.5. The van der Waals surface area contributed by atoms with Crippen molar-refractivity contribution in [3.05, 3.63) is 58.1 Å². The number of halogens is 5. The van der Waals surface area contributed by atoms with Gasteiger partial charge in [-0.2, -0.15) is 13.2 Å². The zero-order valence-corrected chi connectivity index (χ0v) is 21.9. The van der Waals surface area contributed by atoms with Crippen LogP contribution < -0.4 is 20.3 Å². The van der Waals surface area contributed by atoms with Crippen LogP contribution in [0.3, 0.4) is 0 Å². The highest BCUT2D eigenvalue weighted by molar-refractivity contribution is 6.35. The minimum absolute atomic E-state index is 0.0303. The number of carbonyl (C=O) groups excluding carboxylic acids is 2. The maximum atomic E-state index is 13.1. The first kappa shape index (κ1) is 27.4. The third-order valence-corrected chi connectivity index (χ3v) is 7.28. The number of rotatable bonds is 7. The van der Waals surface area contributed by atoms with E-state index < -0.39 is 24.2 Å². The van der Waals surface area contributed by atoms with E-state index in [0.29, 0.717) is 15.8 Å². The molecule has 11 heteroatoms. The number of alkyl halides is 3. The molecule has 2 fully saturated rings. The molecule has 3 atom stereocenters. The van der Waals surface area contributed by atoms with Crippen molar-refractivity contribution in [2.24, 2.45) is 0 Å². The highest BCUT2D eigenvalue weighted by Gasteiger charge is 2.42. The first-order chi connectivity index (χ1) is 17.3. The molecule has 2 saturated heterocycles. The van der Waals surface area contributed by atoms with E-state index in [1.165, 1.54) is 12.1 Å². The van der Waals surface area contributed by atoms with E-state index >= 15 is 0 Å². The summed E-state index contributed by atoms with van der Waals surface area (Å²) in [5, 5.41) is 5.81. The Hall–Kier alpha value is -2.65. The van der Waals surface area contributed by atoms with E-state index in [-0.39, 0.29) is 29.6 Å². The van der Waals surface area contributed by atoms with Crippen molar-refractivity contribution < 1.29 is 27.5 Å². The molecule has 2 N–H and O–H groups in total. The molecule has 6 nitrogen and oxygen atoms in total. The van der Waals surface area contributed by atoms with Crippen LogP contribution in [0.25, 0.3) is 0 Å². The summed E-state index contributed by atoms with van der Waals surface area (Å²) in [6.07, 6.45) is -1.04. The van der Waals surface area contributed by atoms with Crippen LogP contribution in [0.15, 0.2) is 42.5 Å². The van der Waals surface area contributed by atoms with Crippen molar-refractivity contribution >= 4 is 40.7 Å². The molecule has 200 valence electrons. The SMILES string of the molecule is CC(C)(Oc1ccc(Cl)cc1Cl)C(=O)NC1C[C@H]2CC[C@@H](C1)N2c1ccc(C(=O)NCC(F)(F)F)cc1. The molecule has 4 rings (SSSR count). The number of anilines is 1. The summed E-state index contributed by atoms with van der Waals surface area (Å²) in [6, 6.07) is 11.8. The average Bonchev–Trinajstić information content (AvgIpc) is 3.09. The summed E-state index contributed by atoms with van der Waals surface area (Å²) in [4.78, 5) is 27.4. The molecule has 1 unspecified atom stereocenters. The molecule has 2 aliphatic heterocycles. The van der Waals surface area contributed by atoms with E-state index in [4.69, 9.17) is 27.9 Å². The maximum absolute atomic E-state index is 13.1. The van der Waals surface area contributed by atoms with Crippen LogP contribution in [-0.4, -0.2) is 48.3 Å². The Labute approximate surface area is 223 Å². The molecule has 2 bridgehead atoms. The summed E-state index contributed by atoms with van der Waals surface area (Å²) < 4.78 is 43.0. The van der Waals surface area contributed by atoms with Crippen LogP contribution in [0.1, 0.15) is 49.9 Å². The summed E-state index contributed by atoms with van der Waals surface area (Å²) in [5.74, 6) is -0.639. The lowest BCUT2D eigenvalue weighted by Crippen LogP contribution is -2.55. The fraction of sp³-hybridized carbons (Fsp3) is 0.462. The molecule has 2 aromatic carbocycles. The molecular formula is C26H28Cl2F3N3O3. The first-order valence-electron chi connectivity index (χ1n) is 12.0. The fourth-order valence-corrected chi connectivity index (χ4v) is 5.47. The van der Waals surface area contributed by atoms with Gasteiger partial charge in [-0.3, -0.25) is 9.59 Å². The zero-order valence-electron chi connectivity index (χ0n) is 20.4. The Morgan fingerprint density at radius 1 is 1.03 bits per heavy atom. The van der Waals surface area contributed by atoms with Gasteiger partial charge in [0.15, 0.2) is 5.60 Å². The molecule has 0 saturated carbocycles. The van der Waals surface area contributed by atoms with Crippen molar-refractivity contribution in [3.8, 4) is 5.75 Å². The molecule has 37 heavy (non-hydrogen) atoms. The van der Waals surface area contributed by atoms with E-state index in [1.807, 2.05) is 5.32 Å². The third kappa shape index (κ3) is 6.62. The molecule has 2 aromatic rings. The van der Waals surface area contributed by atoms with Gasteiger partial charge >= 0.3 is 6.18 Å². The smallest absolute Gasteiger partial charge is 0.405 e. The predicted octanol–water partition coefficient (Wildman–Crippen LogP) is 5.76. The largest absolute Gasteiger partial charge is 0.476 e. The van der Waals surface area contributed by atoms with Gasteiger partial charge in [-0.25, -0.2) is 0 Å². The standard InChI is InChI=1S/C26H28Cl2F3N3O3/c1-25(2,37-22-10-5-16(27)11-21(22)28)24(36)33-17-12-19-8-9-20(13-17)34(19)18-6-3-15(4-7-18)23(35)32-14-26(29,30)31/h3-7,10-11,17,19-20H,8-9,12-14H2,1-2H3,(H,32,35)(H,33,36)/t17?,19-,20+. The minimum Gasteiger partial charge on any atom is -0.476 e. The topological polar surface area (TPSA) is 70.7 Å². The maximum Gasteiger partial charge on any atom is 0.405 e. The summed E-state index contributed by atoms with van der Waals surface area (Å²) in [7, 11) is 0. The monoisotopic (exact) mass is 557 g/mol. The Bertz CT molecular complexity index is 1140. The number of nitrogens with one attached hydrogen (secondary N) is 2. The molecular weight excluding hydrogens is 530 g/mol. The lowest BCUT2D eigenvalue weighted by atomic mass is 9.95. The summed E-state index contributed by atoms with van der Waals surface area (Å²) in [6.45, 7) is 2.00. The lowest BCUT2D eigenvalue weighted by molar-refractivity contribution is -0.135. The van der Waals surface area contributed by atoms with Gasteiger partial charge in [0, 0.05) is 34.4 Å². The number of carbonyl (C=O) groups is 2. The normalized spacial score (nSPS) is 21.5. The van der Waals surface area contributed by atoms with Crippen molar-refractivity contribution in [3.63, 3.8) is 0 Å². The number of nitrogens with zero attached hydrogens (tertiary/aromatic N) is 1. The van der Waals surface area contributed by atoms with E-state index in [2.05, 4.69) is 10.2 Å². The second-order valence-corrected chi connectivity index (χ2v) is 10.8. The van der Waals surface area contributed by atoms with E-state index in [0.717, 1.165) is 31.4 Å². The number of benzene rings is 2. The van der Waals surface area contributed by atoms with Crippen LogP contribution >= 0.6 is 23.2 Å². The van der Waals surface area contributed by atoms with Crippen LogP contribution in [0.5, 0.6) is 5.75 Å². The number of hydrogen-bond donors (Lipinski definition) is 2. The third-order valence-electron chi connectivity index (χ3n) is 6.75.